The molecule has 19 heavy (non-hydrogen) atoms. The largest absolute Gasteiger partial charge is 0.384 e. The number of rotatable bonds is 5. The molecule has 2 rings (SSSR count). The highest BCUT2D eigenvalue weighted by molar-refractivity contribution is 5.47. The van der Waals surface area contributed by atoms with Gasteiger partial charge in [0.2, 0.25) is 0 Å². The van der Waals surface area contributed by atoms with Gasteiger partial charge in [0, 0.05) is 31.8 Å². The first-order valence-electron chi connectivity index (χ1n) is 7.13. The summed E-state index contributed by atoms with van der Waals surface area (Å²) in [5.74, 6) is 0. The van der Waals surface area contributed by atoms with Crippen LogP contribution in [0.25, 0.3) is 0 Å². The summed E-state index contributed by atoms with van der Waals surface area (Å²) in [5.41, 5.74) is 2.89. The van der Waals surface area contributed by atoms with Crippen molar-refractivity contribution < 1.29 is 4.74 Å². The topological polar surface area (TPSA) is 24.5 Å². The molecule has 0 saturated carbocycles. The standard InChI is InChI=1S/C16H26N2O/c1-14-4-6-15(7-5-14)18(2)12-16(13-19-3)8-10-17-11-9-16/h4-7,17H,8-13H2,1-3H3. The molecule has 0 spiro atoms. The van der Waals surface area contributed by atoms with Crippen molar-refractivity contribution in [3.05, 3.63) is 29.8 Å². The molecule has 106 valence electrons. The number of ether oxygens (including phenoxy) is 1. The number of aryl methyl sites for hydroxylation is 1. The minimum absolute atomic E-state index is 0.291. The average Bonchev–Trinajstić information content (AvgIpc) is 2.40. The van der Waals surface area contributed by atoms with Crippen molar-refractivity contribution in [2.24, 2.45) is 5.41 Å². The summed E-state index contributed by atoms with van der Waals surface area (Å²) < 4.78 is 5.49. The molecule has 1 N–H and O–H groups in total. The van der Waals surface area contributed by atoms with Gasteiger partial charge in [0.15, 0.2) is 0 Å². The molecule has 0 aromatic heterocycles. The van der Waals surface area contributed by atoms with E-state index in [2.05, 4.69) is 48.5 Å². The Morgan fingerprint density at radius 1 is 1.21 bits per heavy atom. The lowest BCUT2D eigenvalue weighted by Crippen LogP contribution is -2.46. The van der Waals surface area contributed by atoms with E-state index in [9.17, 15) is 0 Å². The van der Waals surface area contributed by atoms with Crippen LogP contribution >= 0.6 is 0 Å². The van der Waals surface area contributed by atoms with Crippen molar-refractivity contribution in [1.29, 1.82) is 0 Å². The molecule has 0 amide bonds. The summed E-state index contributed by atoms with van der Waals surface area (Å²) in [6.45, 7) is 6.25. The van der Waals surface area contributed by atoms with Crippen LogP contribution in [0.1, 0.15) is 18.4 Å². The molecule has 3 nitrogen and oxygen atoms in total. The van der Waals surface area contributed by atoms with Gasteiger partial charge in [-0.05, 0) is 45.0 Å². The molecule has 0 radical (unpaired) electrons. The number of hydrogen-bond acceptors (Lipinski definition) is 3. The second-order valence-electron chi connectivity index (χ2n) is 5.87. The van der Waals surface area contributed by atoms with Crippen LogP contribution in [-0.4, -0.2) is 40.4 Å². The zero-order valence-corrected chi connectivity index (χ0v) is 12.4. The summed E-state index contributed by atoms with van der Waals surface area (Å²) in [4.78, 5) is 2.36. The molecule has 0 bridgehead atoms. The molecule has 1 heterocycles. The second kappa shape index (κ2) is 6.40. The molecular weight excluding hydrogens is 236 g/mol. The lowest BCUT2D eigenvalue weighted by atomic mass is 9.79. The Morgan fingerprint density at radius 2 is 1.84 bits per heavy atom. The molecule has 1 aliphatic heterocycles. The van der Waals surface area contributed by atoms with E-state index in [1.807, 2.05) is 7.11 Å². The van der Waals surface area contributed by atoms with Crippen LogP contribution in [-0.2, 0) is 4.74 Å². The van der Waals surface area contributed by atoms with Crippen LogP contribution in [0.4, 0.5) is 5.69 Å². The fourth-order valence-corrected chi connectivity index (χ4v) is 3.01. The number of methoxy groups -OCH3 is 1. The normalized spacial score (nSPS) is 18.3. The third kappa shape index (κ3) is 3.71. The number of hydrogen-bond donors (Lipinski definition) is 1. The zero-order valence-electron chi connectivity index (χ0n) is 12.4. The molecule has 1 aromatic carbocycles. The summed E-state index contributed by atoms with van der Waals surface area (Å²) >= 11 is 0. The van der Waals surface area contributed by atoms with Gasteiger partial charge >= 0.3 is 0 Å². The summed E-state index contributed by atoms with van der Waals surface area (Å²) in [5, 5.41) is 3.44. The van der Waals surface area contributed by atoms with Gasteiger partial charge in [0.25, 0.3) is 0 Å². The Hall–Kier alpha value is -1.06. The molecule has 0 aliphatic carbocycles. The van der Waals surface area contributed by atoms with Crippen molar-refractivity contribution in [1.82, 2.24) is 5.32 Å². The van der Waals surface area contributed by atoms with Gasteiger partial charge in [-0.3, -0.25) is 0 Å². The SMILES string of the molecule is COCC1(CN(C)c2ccc(C)cc2)CCNCC1. The quantitative estimate of drug-likeness (QED) is 0.882. The molecular formula is C16H26N2O. The molecule has 0 unspecified atom stereocenters. The van der Waals surface area contributed by atoms with Crippen LogP contribution in [0.2, 0.25) is 0 Å². The Kier molecular flexibility index (Phi) is 4.83. The minimum Gasteiger partial charge on any atom is -0.384 e. The lowest BCUT2D eigenvalue weighted by Gasteiger charge is -2.40. The molecule has 1 saturated heterocycles. The number of nitrogens with zero attached hydrogens (tertiary/aromatic N) is 1. The predicted molar refractivity (Wildman–Crippen MR) is 80.9 cm³/mol. The third-order valence-corrected chi connectivity index (χ3v) is 4.16. The molecule has 1 fully saturated rings. The van der Waals surface area contributed by atoms with Crippen LogP contribution in [0.3, 0.4) is 0 Å². The lowest BCUT2D eigenvalue weighted by molar-refractivity contribution is 0.0596. The predicted octanol–water partition coefficient (Wildman–Crippen LogP) is 2.45. The first-order chi connectivity index (χ1) is 9.15. The fraction of sp³-hybridized carbons (Fsp3) is 0.625. The van der Waals surface area contributed by atoms with Crippen LogP contribution in [0.5, 0.6) is 0 Å². The highest BCUT2D eigenvalue weighted by Gasteiger charge is 2.33. The molecule has 1 aliphatic rings. The van der Waals surface area contributed by atoms with E-state index in [1.165, 1.54) is 24.1 Å². The van der Waals surface area contributed by atoms with E-state index >= 15 is 0 Å². The van der Waals surface area contributed by atoms with E-state index in [-0.39, 0.29) is 0 Å². The monoisotopic (exact) mass is 262 g/mol. The van der Waals surface area contributed by atoms with E-state index in [0.717, 1.165) is 26.2 Å². The average molecular weight is 262 g/mol. The van der Waals surface area contributed by atoms with Gasteiger partial charge < -0.3 is 15.0 Å². The highest BCUT2D eigenvalue weighted by atomic mass is 16.5. The van der Waals surface area contributed by atoms with Crippen molar-refractivity contribution in [2.75, 3.05) is 45.3 Å². The van der Waals surface area contributed by atoms with Crippen LogP contribution < -0.4 is 10.2 Å². The smallest absolute Gasteiger partial charge is 0.0536 e. The van der Waals surface area contributed by atoms with Gasteiger partial charge in [-0.25, -0.2) is 0 Å². The maximum absolute atomic E-state index is 5.49. The molecule has 3 heteroatoms. The molecule has 0 atom stereocenters. The van der Waals surface area contributed by atoms with Crippen molar-refractivity contribution >= 4 is 5.69 Å². The highest BCUT2D eigenvalue weighted by Crippen LogP contribution is 2.31. The van der Waals surface area contributed by atoms with Crippen molar-refractivity contribution in [3.8, 4) is 0 Å². The zero-order chi connectivity index (χ0) is 13.7. The summed E-state index contributed by atoms with van der Waals surface area (Å²) in [6.07, 6.45) is 2.38. The Morgan fingerprint density at radius 3 is 2.42 bits per heavy atom. The van der Waals surface area contributed by atoms with E-state index < -0.39 is 0 Å². The van der Waals surface area contributed by atoms with Gasteiger partial charge in [0.05, 0.1) is 6.61 Å². The van der Waals surface area contributed by atoms with Gasteiger partial charge in [-0.1, -0.05) is 17.7 Å². The van der Waals surface area contributed by atoms with E-state index in [1.54, 1.807) is 0 Å². The maximum atomic E-state index is 5.49. The van der Waals surface area contributed by atoms with Gasteiger partial charge in [-0.2, -0.15) is 0 Å². The fourth-order valence-electron chi connectivity index (χ4n) is 3.01. The van der Waals surface area contributed by atoms with Gasteiger partial charge in [0.1, 0.15) is 0 Å². The second-order valence-corrected chi connectivity index (χ2v) is 5.87. The van der Waals surface area contributed by atoms with E-state index in [4.69, 9.17) is 4.74 Å². The summed E-state index contributed by atoms with van der Waals surface area (Å²) in [6, 6.07) is 8.77. The third-order valence-electron chi connectivity index (χ3n) is 4.16. The number of anilines is 1. The number of nitrogens with one attached hydrogen (secondary N) is 1. The Balaban J connectivity index is 2.05. The number of piperidine rings is 1. The minimum atomic E-state index is 0.291. The van der Waals surface area contributed by atoms with E-state index in [0.29, 0.717) is 5.41 Å². The van der Waals surface area contributed by atoms with Gasteiger partial charge in [-0.15, -0.1) is 0 Å². The first-order valence-corrected chi connectivity index (χ1v) is 7.13. The Bertz CT molecular complexity index is 377. The maximum Gasteiger partial charge on any atom is 0.0536 e. The molecule has 1 aromatic rings. The Labute approximate surface area is 116 Å². The van der Waals surface area contributed by atoms with Crippen molar-refractivity contribution in [3.63, 3.8) is 0 Å². The summed E-state index contributed by atoms with van der Waals surface area (Å²) in [7, 11) is 4.00. The van der Waals surface area contributed by atoms with Crippen LogP contribution in [0.15, 0.2) is 24.3 Å². The van der Waals surface area contributed by atoms with Crippen molar-refractivity contribution in [2.45, 2.75) is 19.8 Å². The first kappa shape index (κ1) is 14.4. The van der Waals surface area contributed by atoms with Crippen LogP contribution in [0, 0.1) is 12.3 Å². The number of benzene rings is 1.